The number of nitrogens with one attached hydrogen (secondary N) is 1. The highest BCUT2D eigenvalue weighted by Crippen LogP contribution is 2.44. The van der Waals surface area contributed by atoms with E-state index in [4.69, 9.17) is 30.9 Å². The number of fused-ring (bicyclic) bond motifs is 3. The number of rotatable bonds is 10. The first kappa shape index (κ1) is 32.4. The van der Waals surface area contributed by atoms with Gasteiger partial charge in [0.15, 0.2) is 5.05 Å². The number of benzene rings is 4. The van der Waals surface area contributed by atoms with Gasteiger partial charge in [0.05, 0.1) is 0 Å². The van der Waals surface area contributed by atoms with Crippen LogP contribution in [0, 0.1) is 0 Å². The quantitative estimate of drug-likeness (QED) is 0.0765. The second kappa shape index (κ2) is 14.4. The molecule has 1 unspecified atom stereocenters. The topological polar surface area (TPSA) is 83.1 Å². The van der Waals surface area contributed by atoms with Crippen molar-refractivity contribution in [1.29, 1.82) is 0 Å². The van der Waals surface area contributed by atoms with E-state index in [-0.39, 0.29) is 19.1 Å². The zero-order valence-corrected chi connectivity index (χ0v) is 28.7. The molecule has 0 bridgehead atoms. The first-order valence-corrected chi connectivity index (χ1v) is 19.2. The molecule has 1 N–H and O–H groups in total. The van der Waals surface area contributed by atoms with Gasteiger partial charge in [0.25, 0.3) is 0 Å². The van der Waals surface area contributed by atoms with Gasteiger partial charge in [-0.05, 0) is 77.9 Å². The molecule has 1 atom stereocenters. The molecule has 232 valence electrons. The summed E-state index contributed by atoms with van der Waals surface area (Å²) in [6, 6.07) is 30.2. The maximum absolute atomic E-state index is 13.1. The number of amides is 1. The van der Waals surface area contributed by atoms with Crippen LogP contribution < -0.4 is 10.1 Å². The third-order valence-corrected chi connectivity index (χ3v) is 9.32. The molecular formula is C35H34BrNO6SSi. The van der Waals surface area contributed by atoms with E-state index >= 15 is 0 Å². The summed E-state index contributed by atoms with van der Waals surface area (Å²) in [4.78, 5) is 25.4. The van der Waals surface area contributed by atoms with Crippen LogP contribution in [0.5, 0.6) is 5.75 Å². The summed E-state index contributed by atoms with van der Waals surface area (Å²) in [6.07, 6.45) is -1.02. The highest BCUT2D eigenvalue weighted by molar-refractivity contribution is 9.10. The fourth-order valence-electron chi connectivity index (χ4n) is 5.16. The molecule has 0 saturated carbocycles. The first-order valence-electron chi connectivity index (χ1n) is 14.6. The second-order valence-electron chi connectivity index (χ2n) is 11.6. The van der Waals surface area contributed by atoms with Crippen LogP contribution in [0.3, 0.4) is 0 Å². The summed E-state index contributed by atoms with van der Waals surface area (Å²) in [5, 5.41) is 3.23. The van der Waals surface area contributed by atoms with E-state index in [1.807, 2.05) is 68.2 Å². The van der Waals surface area contributed by atoms with Gasteiger partial charge in [-0.1, -0.05) is 94.8 Å². The third kappa shape index (κ3) is 8.59. The summed E-state index contributed by atoms with van der Waals surface area (Å²) in [7, 11) is -2.04. The smallest absolute Gasteiger partial charge is 0.514 e. The molecule has 1 amide bonds. The van der Waals surface area contributed by atoms with E-state index in [0.717, 1.165) is 37.9 Å². The summed E-state index contributed by atoms with van der Waals surface area (Å²) < 4.78 is 23.3. The Hall–Kier alpha value is -3.99. The number of carbonyl (C=O) groups excluding carboxylic acids is 2. The van der Waals surface area contributed by atoms with Gasteiger partial charge >= 0.3 is 12.2 Å². The van der Waals surface area contributed by atoms with Crippen LogP contribution in [0.25, 0.3) is 11.1 Å². The molecule has 4 aromatic rings. The van der Waals surface area contributed by atoms with Crippen molar-refractivity contribution < 1.29 is 28.2 Å². The number of alkyl carbamates (subject to hydrolysis) is 1. The molecule has 0 saturated heterocycles. The van der Waals surface area contributed by atoms with Gasteiger partial charge in [-0.25, -0.2) is 9.59 Å². The molecule has 4 aromatic carbocycles. The average molecular weight is 705 g/mol. The minimum atomic E-state index is -2.04. The molecule has 10 heteroatoms. The molecule has 0 spiro atoms. The molecule has 1 aliphatic carbocycles. The van der Waals surface area contributed by atoms with E-state index in [0.29, 0.717) is 17.2 Å². The zero-order chi connectivity index (χ0) is 32.0. The van der Waals surface area contributed by atoms with Crippen LogP contribution >= 0.6 is 28.1 Å². The van der Waals surface area contributed by atoms with Crippen LogP contribution in [0.4, 0.5) is 9.59 Å². The van der Waals surface area contributed by atoms with Crippen molar-refractivity contribution in [2.45, 2.75) is 44.6 Å². The molecular weight excluding hydrogens is 670 g/mol. The van der Waals surface area contributed by atoms with Gasteiger partial charge in [-0.3, -0.25) is 0 Å². The number of hydrogen-bond donors (Lipinski definition) is 1. The Bertz CT molecular complexity index is 1640. The highest BCUT2D eigenvalue weighted by atomic mass is 79.9. The van der Waals surface area contributed by atoms with Gasteiger partial charge in [-0.2, -0.15) is 0 Å². The van der Waals surface area contributed by atoms with Crippen molar-refractivity contribution in [3.05, 3.63) is 124 Å². The van der Waals surface area contributed by atoms with E-state index in [9.17, 15) is 9.59 Å². The van der Waals surface area contributed by atoms with Crippen LogP contribution in [0.2, 0.25) is 19.6 Å². The Labute approximate surface area is 278 Å². The van der Waals surface area contributed by atoms with Gasteiger partial charge in [0.1, 0.15) is 25.0 Å². The number of thiocarbonyl (C=S) groups is 1. The van der Waals surface area contributed by atoms with Crippen LogP contribution in [-0.2, 0) is 26.9 Å². The van der Waals surface area contributed by atoms with Crippen molar-refractivity contribution in [3.8, 4) is 16.9 Å². The molecule has 45 heavy (non-hydrogen) atoms. The van der Waals surface area contributed by atoms with Gasteiger partial charge < -0.3 is 24.0 Å². The van der Waals surface area contributed by atoms with E-state index < -0.39 is 26.6 Å². The summed E-state index contributed by atoms with van der Waals surface area (Å²) in [5.41, 5.74) is 6.29. The molecule has 5 rings (SSSR count). The lowest BCUT2D eigenvalue weighted by Gasteiger charge is -2.26. The fourth-order valence-corrected chi connectivity index (χ4v) is 7.19. The monoisotopic (exact) mass is 703 g/mol. The molecule has 0 radical (unpaired) electrons. The molecule has 0 aliphatic heterocycles. The van der Waals surface area contributed by atoms with E-state index in [2.05, 4.69) is 45.5 Å². The van der Waals surface area contributed by atoms with Crippen molar-refractivity contribution in [2.24, 2.45) is 0 Å². The SMILES string of the molecule is C[Si](C)(C)OC(=S)C(Cc1ccc(OC(=O)OCc2ccccc2Br)cc1)NC(=O)OCC1c2ccccc2-c2ccccc21. The normalized spacial score (nSPS) is 12.8. The molecule has 0 fully saturated rings. The van der Waals surface area contributed by atoms with Crippen molar-refractivity contribution in [2.75, 3.05) is 6.61 Å². The number of halogens is 1. The van der Waals surface area contributed by atoms with Gasteiger partial charge in [0.2, 0.25) is 8.32 Å². The van der Waals surface area contributed by atoms with Crippen molar-refractivity contribution >= 4 is 53.8 Å². The van der Waals surface area contributed by atoms with Crippen LogP contribution in [0.15, 0.2) is 102 Å². The Morgan fingerprint density at radius 3 is 2.07 bits per heavy atom. The minimum absolute atomic E-state index is 0.0553. The summed E-state index contributed by atoms with van der Waals surface area (Å²) >= 11 is 9.09. The Morgan fingerprint density at radius 2 is 1.44 bits per heavy atom. The lowest BCUT2D eigenvalue weighted by Crippen LogP contribution is -2.46. The van der Waals surface area contributed by atoms with Crippen molar-refractivity contribution in [3.63, 3.8) is 0 Å². The maximum atomic E-state index is 13.1. The lowest BCUT2D eigenvalue weighted by atomic mass is 9.98. The standard InChI is InChI=1S/C35H34BrNO6SSi/c1-45(2,3)43-33(44)32(20-23-16-18-25(19-17-23)42-35(39)41-21-24-10-4-9-15-31(24)36)37-34(38)40-22-30-28-13-7-5-11-26(28)27-12-6-8-14-29(27)30/h4-19,30,32H,20-22H2,1-3H3,(H,37,38). The van der Waals surface area contributed by atoms with Gasteiger partial charge in [-0.15, -0.1) is 0 Å². The second-order valence-corrected chi connectivity index (χ2v) is 17.3. The van der Waals surface area contributed by atoms with E-state index in [1.54, 1.807) is 24.3 Å². The minimum Gasteiger partial charge on any atom is -0.538 e. The average Bonchev–Trinajstić information content (AvgIpc) is 3.33. The number of carbonyl (C=O) groups is 2. The summed E-state index contributed by atoms with van der Waals surface area (Å²) in [5.74, 6) is 0.276. The lowest BCUT2D eigenvalue weighted by molar-refractivity contribution is 0.0925. The zero-order valence-electron chi connectivity index (χ0n) is 25.2. The Balaban J connectivity index is 1.20. The summed E-state index contributed by atoms with van der Waals surface area (Å²) in [6.45, 7) is 6.37. The molecule has 0 aromatic heterocycles. The predicted molar refractivity (Wildman–Crippen MR) is 184 cm³/mol. The van der Waals surface area contributed by atoms with Crippen molar-refractivity contribution in [1.82, 2.24) is 5.32 Å². The molecule has 0 heterocycles. The number of hydrogen-bond acceptors (Lipinski definition) is 7. The van der Waals surface area contributed by atoms with Gasteiger partial charge in [0, 0.05) is 22.4 Å². The Morgan fingerprint density at radius 1 is 0.844 bits per heavy atom. The number of ether oxygens (including phenoxy) is 3. The van der Waals surface area contributed by atoms with Crippen LogP contribution in [0.1, 0.15) is 28.2 Å². The van der Waals surface area contributed by atoms with E-state index in [1.165, 1.54) is 0 Å². The predicted octanol–water partition coefficient (Wildman–Crippen LogP) is 8.79. The Kier molecular flexibility index (Phi) is 10.4. The third-order valence-electron chi connectivity index (χ3n) is 7.19. The van der Waals surface area contributed by atoms with Crippen LogP contribution in [-0.4, -0.2) is 38.3 Å². The first-order chi connectivity index (χ1) is 21.6. The fraction of sp³-hybridized carbons (Fsp3) is 0.229. The maximum Gasteiger partial charge on any atom is 0.514 e. The largest absolute Gasteiger partial charge is 0.538 e. The molecule has 7 nitrogen and oxygen atoms in total. The highest BCUT2D eigenvalue weighted by Gasteiger charge is 2.30. The molecule has 1 aliphatic rings.